The molecule has 0 saturated heterocycles. The summed E-state index contributed by atoms with van der Waals surface area (Å²) in [5, 5.41) is 0.0467. The van der Waals surface area contributed by atoms with Crippen LogP contribution in [-0.4, -0.2) is 37.6 Å². The van der Waals surface area contributed by atoms with Crippen LogP contribution in [-0.2, 0) is 11.3 Å². The van der Waals surface area contributed by atoms with E-state index in [9.17, 15) is 0 Å². The van der Waals surface area contributed by atoms with Gasteiger partial charge in [0, 0.05) is 24.7 Å². The van der Waals surface area contributed by atoms with Gasteiger partial charge in [0.2, 0.25) is 0 Å². The molecule has 1 rings (SSSR count). The van der Waals surface area contributed by atoms with Crippen LogP contribution >= 0.6 is 27.5 Å². The van der Waals surface area contributed by atoms with Gasteiger partial charge in [-0.05, 0) is 24.7 Å². The molecule has 90 valence electrons. The molecule has 0 aromatic heterocycles. The molecule has 1 aromatic rings. The molecule has 4 heteroatoms. The monoisotopic (exact) mass is 305 g/mol. The van der Waals surface area contributed by atoms with E-state index in [0.717, 1.165) is 17.6 Å². The van der Waals surface area contributed by atoms with Crippen molar-refractivity contribution in [1.29, 1.82) is 0 Å². The SMILES string of the molecule is COCC(Cl)CN(C)Cc1ccc(Br)cc1. The second-order valence-corrected chi connectivity index (χ2v) is 5.41. The van der Waals surface area contributed by atoms with Crippen molar-refractivity contribution in [3.8, 4) is 0 Å². The number of nitrogens with zero attached hydrogens (tertiary/aromatic N) is 1. The highest BCUT2D eigenvalue weighted by atomic mass is 79.9. The molecule has 0 aliphatic heterocycles. The molecule has 2 nitrogen and oxygen atoms in total. The molecule has 0 N–H and O–H groups in total. The van der Waals surface area contributed by atoms with Crippen LogP contribution in [0.1, 0.15) is 5.56 Å². The Balaban J connectivity index is 2.39. The minimum Gasteiger partial charge on any atom is -0.383 e. The fraction of sp³-hybridized carbons (Fsp3) is 0.500. The van der Waals surface area contributed by atoms with Crippen LogP contribution in [0.3, 0.4) is 0 Å². The molecule has 1 aromatic carbocycles. The minimum absolute atomic E-state index is 0.0467. The van der Waals surface area contributed by atoms with Gasteiger partial charge in [-0.3, -0.25) is 0 Å². The summed E-state index contributed by atoms with van der Waals surface area (Å²) in [6.45, 7) is 2.32. The third-order valence-corrected chi connectivity index (χ3v) is 3.02. The van der Waals surface area contributed by atoms with Gasteiger partial charge >= 0.3 is 0 Å². The van der Waals surface area contributed by atoms with Gasteiger partial charge in [0.25, 0.3) is 0 Å². The summed E-state index contributed by atoms with van der Waals surface area (Å²) >= 11 is 9.51. The van der Waals surface area contributed by atoms with Crippen molar-refractivity contribution in [3.05, 3.63) is 34.3 Å². The standard InChI is InChI=1S/C12H17BrClNO/c1-15(8-12(14)9-16-2)7-10-3-5-11(13)6-4-10/h3-6,12H,7-9H2,1-2H3. The van der Waals surface area contributed by atoms with E-state index < -0.39 is 0 Å². The summed E-state index contributed by atoms with van der Waals surface area (Å²) in [6.07, 6.45) is 0. The second kappa shape index (κ2) is 7.28. The van der Waals surface area contributed by atoms with Gasteiger partial charge < -0.3 is 9.64 Å². The highest BCUT2D eigenvalue weighted by molar-refractivity contribution is 9.10. The maximum absolute atomic E-state index is 6.09. The molecule has 1 unspecified atom stereocenters. The van der Waals surface area contributed by atoms with Crippen molar-refractivity contribution in [1.82, 2.24) is 4.90 Å². The third kappa shape index (κ3) is 5.30. The first-order chi connectivity index (χ1) is 7.61. The van der Waals surface area contributed by atoms with Crippen molar-refractivity contribution in [2.45, 2.75) is 11.9 Å². The highest BCUT2D eigenvalue weighted by Crippen LogP contribution is 2.12. The Bertz CT molecular complexity index is 304. The largest absolute Gasteiger partial charge is 0.383 e. The fourth-order valence-electron chi connectivity index (χ4n) is 1.54. The number of ether oxygens (including phenoxy) is 1. The van der Waals surface area contributed by atoms with Crippen LogP contribution in [0.2, 0.25) is 0 Å². The Hall–Kier alpha value is -0.0900. The first-order valence-corrected chi connectivity index (χ1v) is 6.40. The molecule has 0 bridgehead atoms. The first-order valence-electron chi connectivity index (χ1n) is 5.18. The second-order valence-electron chi connectivity index (χ2n) is 3.88. The van der Waals surface area contributed by atoms with Gasteiger partial charge in [0.1, 0.15) is 0 Å². The average Bonchev–Trinajstić information content (AvgIpc) is 2.21. The molecular formula is C12H17BrClNO. The van der Waals surface area contributed by atoms with E-state index in [0.29, 0.717) is 6.61 Å². The van der Waals surface area contributed by atoms with Gasteiger partial charge in [0.05, 0.1) is 12.0 Å². The van der Waals surface area contributed by atoms with Gasteiger partial charge in [-0.25, -0.2) is 0 Å². The Kier molecular flexibility index (Phi) is 6.36. The van der Waals surface area contributed by atoms with E-state index in [1.54, 1.807) is 7.11 Å². The Morgan fingerprint density at radius 1 is 1.38 bits per heavy atom. The van der Waals surface area contributed by atoms with Crippen molar-refractivity contribution < 1.29 is 4.74 Å². The highest BCUT2D eigenvalue weighted by Gasteiger charge is 2.08. The van der Waals surface area contributed by atoms with Crippen LogP contribution in [0.4, 0.5) is 0 Å². The molecule has 0 saturated carbocycles. The fourth-order valence-corrected chi connectivity index (χ4v) is 2.16. The summed E-state index contributed by atoms with van der Waals surface area (Å²) in [5.41, 5.74) is 1.28. The van der Waals surface area contributed by atoms with E-state index >= 15 is 0 Å². The number of methoxy groups -OCH3 is 1. The molecule has 0 fully saturated rings. The molecule has 0 aliphatic rings. The van der Waals surface area contributed by atoms with Gasteiger partial charge in [-0.15, -0.1) is 11.6 Å². The lowest BCUT2D eigenvalue weighted by Gasteiger charge is -2.19. The Morgan fingerprint density at radius 3 is 2.56 bits per heavy atom. The molecule has 16 heavy (non-hydrogen) atoms. The lowest BCUT2D eigenvalue weighted by Crippen LogP contribution is -2.28. The van der Waals surface area contributed by atoms with Crippen molar-refractivity contribution in [2.24, 2.45) is 0 Å². The minimum atomic E-state index is 0.0467. The lowest BCUT2D eigenvalue weighted by molar-refractivity contribution is 0.181. The topological polar surface area (TPSA) is 12.5 Å². The zero-order valence-corrected chi connectivity index (χ0v) is 12.0. The lowest BCUT2D eigenvalue weighted by atomic mass is 10.2. The van der Waals surface area contributed by atoms with E-state index in [1.165, 1.54) is 5.56 Å². The predicted octanol–water partition coefficient (Wildman–Crippen LogP) is 3.13. The molecule has 0 heterocycles. The van der Waals surface area contributed by atoms with Crippen molar-refractivity contribution >= 4 is 27.5 Å². The molecule has 0 amide bonds. The van der Waals surface area contributed by atoms with Crippen LogP contribution < -0.4 is 0 Å². The maximum Gasteiger partial charge on any atom is 0.0696 e. The number of hydrogen-bond donors (Lipinski definition) is 0. The summed E-state index contributed by atoms with van der Waals surface area (Å²) in [7, 11) is 3.73. The normalized spacial score (nSPS) is 13.1. The maximum atomic E-state index is 6.09. The predicted molar refractivity (Wildman–Crippen MR) is 72.0 cm³/mol. The van der Waals surface area contributed by atoms with Gasteiger partial charge in [0.15, 0.2) is 0 Å². The summed E-state index contributed by atoms with van der Waals surface area (Å²) in [6, 6.07) is 8.33. The van der Waals surface area contributed by atoms with Gasteiger partial charge in [-0.2, -0.15) is 0 Å². The summed E-state index contributed by atoms with van der Waals surface area (Å²) < 4.78 is 6.11. The van der Waals surface area contributed by atoms with E-state index in [1.807, 2.05) is 0 Å². The zero-order chi connectivity index (χ0) is 12.0. The number of alkyl halides is 1. The number of halogens is 2. The Morgan fingerprint density at radius 2 is 2.00 bits per heavy atom. The quantitative estimate of drug-likeness (QED) is 0.749. The van der Waals surface area contributed by atoms with Crippen molar-refractivity contribution in [2.75, 3.05) is 27.3 Å². The van der Waals surface area contributed by atoms with Crippen LogP contribution in [0.15, 0.2) is 28.7 Å². The van der Waals surface area contributed by atoms with E-state index in [-0.39, 0.29) is 5.38 Å². The summed E-state index contributed by atoms with van der Waals surface area (Å²) in [4.78, 5) is 2.19. The Labute approximate surface area is 111 Å². The zero-order valence-electron chi connectivity index (χ0n) is 9.62. The number of rotatable bonds is 6. The average molecular weight is 307 g/mol. The van der Waals surface area contributed by atoms with E-state index in [2.05, 4.69) is 52.1 Å². The molecule has 0 aliphatic carbocycles. The van der Waals surface area contributed by atoms with Crippen LogP contribution in [0.25, 0.3) is 0 Å². The smallest absolute Gasteiger partial charge is 0.0696 e. The molecule has 0 spiro atoms. The number of benzene rings is 1. The molecule has 0 radical (unpaired) electrons. The third-order valence-electron chi connectivity index (χ3n) is 2.22. The summed E-state index contributed by atoms with van der Waals surface area (Å²) in [5.74, 6) is 0. The molecular weight excluding hydrogens is 289 g/mol. The van der Waals surface area contributed by atoms with E-state index in [4.69, 9.17) is 16.3 Å². The van der Waals surface area contributed by atoms with Crippen LogP contribution in [0.5, 0.6) is 0 Å². The van der Waals surface area contributed by atoms with Crippen LogP contribution in [0, 0.1) is 0 Å². The van der Waals surface area contributed by atoms with Crippen molar-refractivity contribution in [3.63, 3.8) is 0 Å². The van der Waals surface area contributed by atoms with Gasteiger partial charge in [-0.1, -0.05) is 28.1 Å². The molecule has 1 atom stereocenters. The number of hydrogen-bond acceptors (Lipinski definition) is 2. The first kappa shape index (κ1) is 14.0.